The normalized spacial score (nSPS) is 11.2. The maximum absolute atomic E-state index is 12.9. The summed E-state index contributed by atoms with van der Waals surface area (Å²) in [5, 5.41) is 5.34. The Kier molecular flexibility index (Phi) is 6.97. The number of nitrogens with one attached hydrogen (secondary N) is 1. The number of carbonyl (C=O) groups excluding carboxylic acids is 1. The van der Waals surface area contributed by atoms with Gasteiger partial charge in [-0.3, -0.25) is 14.2 Å². The minimum Gasteiger partial charge on any atom is -0.495 e. The van der Waals surface area contributed by atoms with Crippen molar-refractivity contribution in [2.75, 3.05) is 18.2 Å². The molecule has 1 aromatic carbocycles. The van der Waals surface area contributed by atoms with Crippen LogP contribution in [0.15, 0.2) is 39.6 Å². The number of nitrogens with zero attached hydrogens (tertiary/aromatic N) is 2. The molecule has 1 N–H and O–H groups in total. The summed E-state index contributed by atoms with van der Waals surface area (Å²) in [5.41, 5.74) is 2.32. The summed E-state index contributed by atoms with van der Waals surface area (Å²) in [6, 6.07) is 7.47. The van der Waals surface area contributed by atoms with Crippen LogP contribution >= 0.6 is 23.1 Å². The average molecular weight is 432 g/mol. The molecule has 0 saturated heterocycles. The second-order valence-corrected chi connectivity index (χ2v) is 9.07. The molecule has 0 aliphatic rings. The molecule has 6 nitrogen and oxygen atoms in total. The SMILES string of the molecule is COc1ccc(C)cc1NC(=O)CSc1nc2ccsc2c(=O)n1CCC(C)C. The van der Waals surface area contributed by atoms with Crippen molar-refractivity contribution >= 4 is 44.9 Å². The van der Waals surface area contributed by atoms with E-state index in [1.807, 2.05) is 36.6 Å². The maximum atomic E-state index is 12.9. The van der Waals surface area contributed by atoms with Gasteiger partial charge in [0.25, 0.3) is 5.56 Å². The molecule has 1 amide bonds. The van der Waals surface area contributed by atoms with Gasteiger partial charge in [-0.2, -0.15) is 0 Å². The second-order valence-electron chi connectivity index (χ2n) is 7.21. The first-order valence-electron chi connectivity index (χ1n) is 9.44. The first-order valence-corrected chi connectivity index (χ1v) is 11.3. The highest BCUT2D eigenvalue weighted by Gasteiger charge is 2.15. The number of anilines is 1. The number of thioether (sulfide) groups is 1. The van der Waals surface area contributed by atoms with Crippen molar-refractivity contribution in [2.24, 2.45) is 5.92 Å². The fraction of sp³-hybridized carbons (Fsp3) is 0.381. The number of amides is 1. The monoisotopic (exact) mass is 431 g/mol. The zero-order valence-electron chi connectivity index (χ0n) is 17.0. The Bertz CT molecular complexity index is 1070. The highest BCUT2D eigenvalue weighted by atomic mass is 32.2. The number of rotatable bonds is 8. The molecule has 8 heteroatoms. The summed E-state index contributed by atoms with van der Waals surface area (Å²) in [7, 11) is 1.57. The van der Waals surface area contributed by atoms with Crippen LogP contribution in [0.3, 0.4) is 0 Å². The minimum atomic E-state index is -0.172. The van der Waals surface area contributed by atoms with Crippen LogP contribution in [0.1, 0.15) is 25.8 Å². The van der Waals surface area contributed by atoms with Gasteiger partial charge in [-0.05, 0) is 48.4 Å². The Morgan fingerprint density at radius 1 is 1.34 bits per heavy atom. The van der Waals surface area contributed by atoms with Crippen LogP contribution in [0.4, 0.5) is 5.69 Å². The van der Waals surface area contributed by atoms with Gasteiger partial charge in [0.05, 0.1) is 24.1 Å². The summed E-state index contributed by atoms with van der Waals surface area (Å²) >= 11 is 2.68. The number of thiophene rings is 1. The maximum Gasteiger partial charge on any atom is 0.272 e. The molecule has 0 bridgehead atoms. The Balaban J connectivity index is 1.79. The van der Waals surface area contributed by atoms with Crippen LogP contribution in [-0.2, 0) is 11.3 Å². The van der Waals surface area contributed by atoms with Gasteiger partial charge in [0, 0.05) is 6.54 Å². The third kappa shape index (κ3) is 5.19. The van der Waals surface area contributed by atoms with Crippen molar-refractivity contribution in [1.82, 2.24) is 9.55 Å². The zero-order chi connectivity index (χ0) is 21.0. The molecular formula is C21H25N3O3S2. The molecule has 0 aliphatic carbocycles. The summed E-state index contributed by atoms with van der Waals surface area (Å²) in [6.07, 6.45) is 0.874. The standard InChI is InChI=1S/C21H25N3O3S2/c1-13(2)7-9-24-20(26)19-15(8-10-28-19)23-21(24)29-12-18(25)22-16-11-14(3)5-6-17(16)27-4/h5-6,8,10-11,13H,7,9,12H2,1-4H3,(H,22,25). The highest BCUT2D eigenvalue weighted by Crippen LogP contribution is 2.26. The largest absolute Gasteiger partial charge is 0.495 e. The topological polar surface area (TPSA) is 73.2 Å². The molecule has 29 heavy (non-hydrogen) atoms. The Morgan fingerprint density at radius 2 is 2.14 bits per heavy atom. The molecule has 0 atom stereocenters. The molecule has 2 heterocycles. The molecule has 0 fully saturated rings. The van der Waals surface area contributed by atoms with Crippen LogP contribution < -0.4 is 15.6 Å². The first kappa shape index (κ1) is 21.4. The van der Waals surface area contributed by atoms with Crippen molar-refractivity contribution in [3.63, 3.8) is 0 Å². The number of hydrogen-bond donors (Lipinski definition) is 1. The van der Waals surface area contributed by atoms with Crippen molar-refractivity contribution in [3.8, 4) is 5.75 Å². The smallest absolute Gasteiger partial charge is 0.272 e. The van der Waals surface area contributed by atoms with Gasteiger partial charge < -0.3 is 10.1 Å². The van der Waals surface area contributed by atoms with Gasteiger partial charge >= 0.3 is 0 Å². The predicted molar refractivity (Wildman–Crippen MR) is 120 cm³/mol. The number of carbonyl (C=O) groups is 1. The Hall–Kier alpha value is -2.32. The van der Waals surface area contributed by atoms with E-state index in [9.17, 15) is 9.59 Å². The quantitative estimate of drug-likeness (QED) is 0.418. The van der Waals surface area contributed by atoms with Crippen molar-refractivity contribution in [3.05, 3.63) is 45.6 Å². The molecule has 3 rings (SSSR count). The summed E-state index contributed by atoms with van der Waals surface area (Å²) in [5.74, 6) is 1.06. The third-order valence-corrected chi connectivity index (χ3v) is 6.29. The van der Waals surface area contributed by atoms with Crippen LogP contribution in [0.25, 0.3) is 10.2 Å². The number of fused-ring (bicyclic) bond motifs is 1. The number of ether oxygens (including phenoxy) is 1. The molecule has 0 unspecified atom stereocenters. The lowest BCUT2D eigenvalue weighted by atomic mass is 10.1. The van der Waals surface area contributed by atoms with E-state index in [0.29, 0.717) is 39.3 Å². The molecule has 0 aliphatic heterocycles. The predicted octanol–water partition coefficient (Wildman–Crippen LogP) is 4.55. The number of hydrogen-bond acceptors (Lipinski definition) is 6. The minimum absolute atomic E-state index is 0.0334. The number of aromatic nitrogens is 2. The van der Waals surface area contributed by atoms with Crippen LogP contribution in [0.5, 0.6) is 5.75 Å². The lowest BCUT2D eigenvalue weighted by Crippen LogP contribution is -2.24. The van der Waals surface area contributed by atoms with Crippen molar-refractivity contribution in [2.45, 2.75) is 38.9 Å². The molecule has 0 radical (unpaired) electrons. The summed E-state index contributed by atoms with van der Waals surface area (Å²) in [4.78, 5) is 30.1. The fourth-order valence-corrected chi connectivity index (χ4v) is 4.46. The van der Waals surface area contributed by atoms with E-state index in [1.165, 1.54) is 23.1 Å². The van der Waals surface area contributed by atoms with Gasteiger partial charge in [-0.25, -0.2) is 4.98 Å². The lowest BCUT2D eigenvalue weighted by Gasteiger charge is -2.14. The van der Waals surface area contributed by atoms with E-state index in [0.717, 1.165) is 12.0 Å². The third-order valence-electron chi connectivity index (χ3n) is 4.42. The van der Waals surface area contributed by atoms with Crippen LogP contribution in [-0.4, -0.2) is 28.3 Å². The van der Waals surface area contributed by atoms with Gasteiger partial charge in [0.2, 0.25) is 5.91 Å². The second kappa shape index (κ2) is 9.45. The fourth-order valence-electron chi connectivity index (χ4n) is 2.85. The van der Waals surface area contributed by atoms with Gasteiger partial charge in [-0.15, -0.1) is 11.3 Å². The molecule has 3 aromatic rings. The van der Waals surface area contributed by atoms with Gasteiger partial charge in [-0.1, -0.05) is 31.7 Å². The Morgan fingerprint density at radius 3 is 2.86 bits per heavy atom. The van der Waals surface area contributed by atoms with Crippen LogP contribution in [0, 0.1) is 12.8 Å². The Labute approximate surface area is 178 Å². The first-order chi connectivity index (χ1) is 13.9. The van der Waals surface area contributed by atoms with E-state index in [-0.39, 0.29) is 17.2 Å². The number of aryl methyl sites for hydroxylation is 1. The molecule has 0 spiro atoms. The molecule has 0 saturated carbocycles. The highest BCUT2D eigenvalue weighted by molar-refractivity contribution is 7.99. The van der Waals surface area contributed by atoms with E-state index >= 15 is 0 Å². The average Bonchev–Trinajstić information content (AvgIpc) is 3.14. The van der Waals surface area contributed by atoms with Crippen LogP contribution in [0.2, 0.25) is 0 Å². The van der Waals surface area contributed by atoms with Crippen molar-refractivity contribution in [1.29, 1.82) is 0 Å². The number of methoxy groups -OCH3 is 1. The molecule has 154 valence electrons. The van der Waals surface area contributed by atoms with E-state index in [1.54, 1.807) is 11.7 Å². The number of benzene rings is 1. The lowest BCUT2D eigenvalue weighted by molar-refractivity contribution is -0.113. The van der Waals surface area contributed by atoms with Gasteiger partial charge in [0.15, 0.2) is 5.16 Å². The summed E-state index contributed by atoms with van der Waals surface area (Å²) in [6.45, 7) is 6.79. The zero-order valence-corrected chi connectivity index (χ0v) is 18.7. The van der Waals surface area contributed by atoms with E-state index in [4.69, 9.17) is 4.74 Å². The molecular weight excluding hydrogens is 406 g/mol. The molecule has 2 aromatic heterocycles. The van der Waals surface area contributed by atoms with E-state index < -0.39 is 0 Å². The van der Waals surface area contributed by atoms with E-state index in [2.05, 4.69) is 24.1 Å². The van der Waals surface area contributed by atoms with Gasteiger partial charge in [0.1, 0.15) is 10.4 Å². The summed E-state index contributed by atoms with van der Waals surface area (Å²) < 4.78 is 7.67. The van der Waals surface area contributed by atoms with Crippen molar-refractivity contribution < 1.29 is 9.53 Å².